The minimum Gasteiger partial charge on any atom is -0.354 e. The Bertz CT molecular complexity index is 844. The second-order valence-corrected chi connectivity index (χ2v) is 9.82. The van der Waals surface area contributed by atoms with Crippen molar-refractivity contribution < 1.29 is 13.6 Å². The quantitative estimate of drug-likeness (QED) is 0.311. The lowest BCUT2D eigenvalue weighted by molar-refractivity contribution is -0.127. The van der Waals surface area contributed by atoms with E-state index in [2.05, 4.69) is 20.5 Å². The largest absolute Gasteiger partial charge is 0.354 e. The number of nitrogens with zero attached hydrogens (tertiary/aromatic N) is 3. The van der Waals surface area contributed by atoms with Crippen LogP contribution in [0.4, 0.5) is 8.78 Å². The molecular weight excluding hydrogens is 539 g/mol. The molecule has 1 amide bonds. The summed E-state index contributed by atoms with van der Waals surface area (Å²) in [6, 6.07) is 4.84. The number of benzene rings is 1. The Labute approximate surface area is 212 Å². The van der Waals surface area contributed by atoms with E-state index in [1.807, 2.05) is 0 Å². The molecule has 0 radical (unpaired) electrons. The fourth-order valence-corrected chi connectivity index (χ4v) is 5.34. The molecule has 0 aromatic heterocycles. The summed E-state index contributed by atoms with van der Waals surface area (Å²) < 4.78 is 26.7. The van der Waals surface area contributed by atoms with Gasteiger partial charge < -0.3 is 15.5 Å². The molecule has 1 saturated heterocycles. The minimum atomic E-state index is -0.806. The van der Waals surface area contributed by atoms with Gasteiger partial charge >= 0.3 is 0 Å². The van der Waals surface area contributed by atoms with Crippen molar-refractivity contribution in [1.82, 2.24) is 20.4 Å². The van der Waals surface area contributed by atoms with E-state index in [0.29, 0.717) is 12.6 Å². The van der Waals surface area contributed by atoms with Crippen LogP contribution in [0.5, 0.6) is 0 Å². The van der Waals surface area contributed by atoms with E-state index in [9.17, 15) is 13.6 Å². The highest BCUT2D eigenvalue weighted by Gasteiger charge is 2.40. The predicted octanol–water partition coefficient (Wildman–Crippen LogP) is 3.36. The van der Waals surface area contributed by atoms with E-state index in [4.69, 9.17) is 0 Å². The predicted molar refractivity (Wildman–Crippen MR) is 137 cm³/mol. The Hall–Kier alpha value is -1.49. The van der Waals surface area contributed by atoms with E-state index >= 15 is 0 Å². The van der Waals surface area contributed by atoms with Gasteiger partial charge in [0.15, 0.2) is 17.6 Å². The highest BCUT2D eigenvalue weighted by atomic mass is 127. The third kappa shape index (κ3) is 7.00. The molecule has 6 nitrogen and oxygen atoms in total. The summed E-state index contributed by atoms with van der Waals surface area (Å²) in [5, 5.41) is 7.20. The van der Waals surface area contributed by atoms with Gasteiger partial charge in [0.05, 0.1) is 0 Å². The average Bonchev–Trinajstić information content (AvgIpc) is 3.39. The maximum Gasteiger partial charge on any atom is 0.243 e. The number of amides is 1. The van der Waals surface area contributed by atoms with E-state index in [1.54, 1.807) is 25.1 Å². The third-order valence-corrected chi connectivity index (χ3v) is 7.25. The van der Waals surface area contributed by atoms with Crippen LogP contribution in [-0.2, 0) is 11.3 Å². The normalized spacial score (nSPS) is 25.6. The molecule has 3 unspecified atom stereocenters. The summed E-state index contributed by atoms with van der Waals surface area (Å²) in [6.07, 6.45) is 7.00. The van der Waals surface area contributed by atoms with Crippen molar-refractivity contribution in [3.8, 4) is 0 Å². The number of rotatable bonds is 6. The zero-order valence-electron chi connectivity index (χ0n) is 19.5. The van der Waals surface area contributed by atoms with Crippen molar-refractivity contribution in [2.24, 2.45) is 16.8 Å². The number of likely N-dealkylation sites (tertiary alicyclic amines) is 1. The van der Waals surface area contributed by atoms with Crippen LogP contribution in [0.3, 0.4) is 0 Å². The van der Waals surface area contributed by atoms with Crippen LogP contribution in [-0.4, -0.2) is 67.5 Å². The fourth-order valence-electron chi connectivity index (χ4n) is 5.34. The molecule has 3 fully saturated rings. The number of nitrogens with one attached hydrogen (secondary N) is 2. The second kappa shape index (κ2) is 11.8. The van der Waals surface area contributed by atoms with Crippen molar-refractivity contribution >= 4 is 35.8 Å². The summed E-state index contributed by atoms with van der Waals surface area (Å²) in [5.74, 6) is 0.687. The third-order valence-electron chi connectivity index (χ3n) is 7.25. The Kier molecular flexibility index (Phi) is 9.32. The van der Waals surface area contributed by atoms with E-state index in [-0.39, 0.29) is 42.5 Å². The lowest BCUT2D eigenvalue weighted by atomic mass is 9.95. The molecule has 1 aliphatic heterocycles. The summed E-state index contributed by atoms with van der Waals surface area (Å²) in [5.41, 5.74) is 0.790. The van der Waals surface area contributed by atoms with Gasteiger partial charge in [-0.15, -0.1) is 24.0 Å². The zero-order chi connectivity index (χ0) is 22.7. The van der Waals surface area contributed by atoms with Gasteiger partial charge in [-0.1, -0.05) is 12.5 Å². The summed E-state index contributed by atoms with van der Waals surface area (Å²) in [6.45, 7) is 2.49. The van der Waals surface area contributed by atoms with Gasteiger partial charge in [-0.25, -0.2) is 13.8 Å². The van der Waals surface area contributed by atoms with E-state index < -0.39 is 11.6 Å². The molecule has 2 bridgehead atoms. The first-order valence-electron chi connectivity index (χ1n) is 11.8. The number of hydrogen-bond donors (Lipinski definition) is 2. The first-order chi connectivity index (χ1) is 15.4. The van der Waals surface area contributed by atoms with Crippen molar-refractivity contribution in [2.75, 3.05) is 33.7 Å². The van der Waals surface area contributed by atoms with Gasteiger partial charge in [-0.2, -0.15) is 0 Å². The Balaban J connectivity index is 0.00000306. The smallest absolute Gasteiger partial charge is 0.243 e. The number of fused-ring (bicyclic) bond motifs is 2. The van der Waals surface area contributed by atoms with Gasteiger partial charge in [0, 0.05) is 45.8 Å². The number of likely N-dealkylation sites (N-methyl/N-ethyl adjacent to an activating group) is 1. The Morgan fingerprint density at radius 3 is 2.45 bits per heavy atom. The first-order valence-corrected chi connectivity index (χ1v) is 11.8. The lowest BCUT2D eigenvalue weighted by Gasteiger charge is -2.34. The van der Waals surface area contributed by atoms with Gasteiger partial charge in [0.25, 0.3) is 0 Å². The van der Waals surface area contributed by atoms with Gasteiger partial charge in [0.1, 0.15) is 6.54 Å². The number of carbonyl (C=O) groups excluding carboxylic acids is 1. The molecular formula is C24H36F2IN5O. The molecule has 3 aliphatic rings. The number of hydrogen-bond acceptors (Lipinski definition) is 3. The van der Waals surface area contributed by atoms with Crippen LogP contribution in [0.25, 0.3) is 0 Å². The van der Waals surface area contributed by atoms with E-state index in [1.165, 1.54) is 37.8 Å². The van der Waals surface area contributed by atoms with Crippen molar-refractivity contribution in [1.29, 1.82) is 0 Å². The second-order valence-electron chi connectivity index (χ2n) is 9.82. The highest BCUT2D eigenvalue weighted by molar-refractivity contribution is 14.0. The summed E-state index contributed by atoms with van der Waals surface area (Å²) >= 11 is 0. The molecule has 1 aromatic rings. The summed E-state index contributed by atoms with van der Waals surface area (Å²) in [7, 11) is 3.49. The lowest BCUT2D eigenvalue weighted by Crippen LogP contribution is -2.52. The van der Waals surface area contributed by atoms with Gasteiger partial charge in [0.2, 0.25) is 5.91 Å². The summed E-state index contributed by atoms with van der Waals surface area (Å²) in [4.78, 5) is 20.5. The standard InChI is InChI=1S/C24H35F2N5O.HI/c1-30(2)23(32)14-27-24(29-22-13-16-3-5-18(22)11-16)28-19-7-9-31(10-8-19)15-17-4-6-20(25)21(26)12-17;/h4,6,12,16,18-19,22H,3,5,7-11,13-15H2,1-2H3,(H2,27,28,29);1H. The number of piperidine rings is 1. The topological polar surface area (TPSA) is 60.0 Å². The van der Waals surface area contributed by atoms with Gasteiger partial charge in [-0.3, -0.25) is 9.69 Å². The van der Waals surface area contributed by atoms with Crippen molar-refractivity contribution in [2.45, 2.75) is 57.2 Å². The average molecular weight is 575 g/mol. The van der Waals surface area contributed by atoms with Crippen LogP contribution in [0.1, 0.15) is 44.1 Å². The van der Waals surface area contributed by atoms with Crippen LogP contribution in [0.2, 0.25) is 0 Å². The number of halogens is 3. The monoisotopic (exact) mass is 575 g/mol. The maximum absolute atomic E-state index is 13.5. The molecule has 1 heterocycles. The zero-order valence-corrected chi connectivity index (χ0v) is 21.9. The molecule has 0 spiro atoms. The SMILES string of the molecule is CN(C)C(=O)CN=C(NC1CCN(Cc2ccc(F)c(F)c2)CC1)NC1CC2CCC1C2.I. The molecule has 2 saturated carbocycles. The van der Waals surface area contributed by atoms with Crippen molar-refractivity contribution in [3.63, 3.8) is 0 Å². The molecule has 2 N–H and O–H groups in total. The minimum absolute atomic E-state index is 0. The molecule has 184 valence electrons. The molecule has 4 rings (SSSR count). The van der Waals surface area contributed by atoms with Gasteiger partial charge in [-0.05, 0) is 61.6 Å². The molecule has 2 aliphatic carbocycles. The molecule has 3 atom stereocenters. The number of aliphatic imine (C=N–C) groups is 1. The van der Waals surface area contributed by atoms with Crippen LogP contribution in [0, 0.1) is 23.5 Å². The highest BCUT2D eigenvalue weighted by Crippen LogP contribution is 2.44. The Morgan fingerprint density at radius 2 is 1.85 bits per heavy atom. The number of guanidine groups is 1. The van der Waals surface area contributed by atoms with Crippen LogP contribution < -0.4 is 10.6 Å². The maximum atomic E-state index is 13.5. The fraction of sp³-hybridized carbons (Fsp3) is 0.667. The van der Waals surface area contributed by atoms with Crippen LogP contribution >= 0.6 is 24.0 Å². The van der Waals surface area contributed by atoms with Crippen molar-refractivity contribution in [3.05, 3.63) is 35.4 Å². The van der Waals surface area contributed by atoms with Crippen LogP contribution in [0.15, 0.2) is 23.2 Å². The molecule has 33 heavy (non-hydrogen) atoms. The number of carbonyl (C=O) groups is 1. The first kappa shape index (κ1) is 26.1. The Morgan fingerprint density at radius 1 is 1.09 bits per heavy atom. The van der Waals surface area contributed by atoms with E-state index in [0.717, 1.165) is 49.3 Å². The molecule has 9 heteroatoms. The molecule has 1 aromatic carbocycles.